The topological polar surface area (TPSA) is 91.4 Å². The number of aromatic nitrogens is 1. The lowest BCUT2D eigenvalue weighted by Crippen LogP contribution is -2.41. The summed E-state index contributed by atoms with van der Waals surface area (Å²) in [6, 6.07) is 10.9. The van der Waals surface area contributed by atoms with Gasteiger partial charge in [0.05, 0.1) is 0 Å². The molecule has 2 N–H and O–H groups in total. The summed E-state index contributed by atoms with van der Waals surface area (Å²) >= 11 is 0. The van der Waals surface area contributed by atoms with Gasteiger partial charge >= 0.3 is 0 Å². The van der Waals surface area contributed by atoms with Gasteiger partial charge in [0.25, 0.3) is 16.8 Å². The normalized spacial score (nSPS) is 13.6. The molecule has 4 rings (SSSR count). The minimum absolute atomic E-state index is 0.160. The monoisotopic (exact) mass is 390 g/mol. The molecule has 3 aromatic rings. The van der Waals surface area contributed by atoms with Gasteiger partial charge in [0.1, 0.15) is 11.4 Å². The largest absolute Gasteiger partial charge is 0.376 e. The second-order valence-corrected chi connectivity index (χ2v) is 7.17. The molecule has 148 valence electrons. The number of carbonyl (C=O) groups is 1. The molecule has 1 saturated heterocycles. The molecular formula is C22H22N4O3. The zero-order chi connectivity index (χ0) is 20.2. The Kier molecular flexibility index (Phi) is 5.37. The zero-order valence-corrected chi connectivity index (χ0v) is 16.0. The van der Waals surface area contributed by atoms with Gasteiger partial charge < -0.3 is 15.5 Å². The van der Waals surface area contributed by atoms with E-state index < -0.39 is 10.9 Å². The van der Waals surface area contributed by atoms with Crippen molar-refractivity contribution >= 4 is 17.3 Å². The molecule has 7 heteroatoms. The molecular weight excluding hydrogens is 368 g/mol. The summed E-state index contributed by atoms with van der Waals surface area (Å²) < 4.78 is 0. The maximum Gasteiger partial charge on any atom is 0.253 e. The highest BCUT2D eigenvalue weighted by molar-refractivity contribution is 5.94. The number of rotatable bonds is 7. The average molecular weight is 390 g/mol. The number of carbonyl (C=O) groups excluding carboxylic acids is 1. The van der Waals surface area contributed by atoms with Crippen LogP contribution in [-0.2, 0) is 13.1 Å². The van der Waals surface area contributed by atoms with Crippen LogP contribution in [0, 0.1) is 0 Å². The zero-order valence-electron chi connectivity index (χ0n) is 16.0. The predicted octanol–water partition coefficient (Wildman–Crippen LogP) is 1.82. The first-order chi connectivity index (χ1) is 14.1. The summed E-state index contributed by atoms with van der Waals surface area (Å²) in [5.41, 5.74) is 2.52. The molecule has 0 bridgehead atoms. The molecule has 1 fully saturated rings. The molecule has 0 unspecified atom stereocenters. The van der Waals surface area contributed by atoms with Crippen LogP contribution in [0.4, 0.5) is 11.4 Å². The minimum Gasteiger partial charge on any atom is -0.376 e. The van der Waals surface area contributed by atoms with Gasteiger partial charge in [0.15, 0.2) is 0 Å². The molecule has 29 heavy (non-hydrogen) atoms. The second kappa shape index (κ2) is 8.26. The fourth-order valence-corrected chi connectivity index (χ4v) is 3.54. The van der Waals surface area contributed by atoms with Crippen LogP contribution in [0.5, 0.6) is 0 Å². The number of benzene rings is 1. The van der Waals surface area contributed by atoms with E-state index in [4.69, 9.17) is 0 Å². The number of nitrogens with one attached hydrogen (secondary N) is 2. The van der Waals surface area contributed by atoms with Crippen molar-refractivity contribution in [2.24, 2.45) is 0 Å². The molecule has 2 heterocycles. The third-order valence-corrected chi connectivity index (χ3v) is 5.17. The van der Waals surface area contributed by atoms with Gasteiger partial charge in [0.2, 0.25) is 0 Å². The number of anilines is 2. The van der Waals surface area contributed by atoms with Crippen LogP contribution in [0.25, 0.3) is 0 Å². The molecule has 0 aliphatic carbocycles. The van der Waals surface area contributed by atoms with Gasteiger partial charge in [-0.15, -0.1) is 0 Å². The first kappa shape index (κ1) is 18.9. The van der Waals surface area contributed by atoms with Crippen molar-refractivity contribution < 1.29 is 4.79 Å². The third-order valence-electron chi connectivity index (χ3n) is 5.17. The Morgan fingerprint density at radius 1 is 0.966 bits per heavy atom. The number of nitrogens with zero attached hydrogens (tertiary/aromatic N) is 2. The van der Waals surface area contributed by atoms with E-state index in [-0.39, 0.29) is 5.91 Å². The average Bonchev–Trinajstić information content (AvgIpc) is 3.29. The van der Waals surface area contributed by atoms with Crippen molar-refractivity contribution in [1.29, 1.82) is 0 Å². The van der Waals surface area contributed by atoms with E-state index in [1.54, 1.807) is 24.5 Å². The molecule has 1 amide bonds. The Morgan fingerprint density at radius 2 is 1.72 bits per heavy atom. The van der Waals surface area contributed by atoms with E-state index in [0.29, 0.717) is 30.0 Å². The van der Waals surface area contributed by atoms with Crippen LogP contribution in [-0.4, -0.2) is 24.0 Å². The summed E-state index contributed by atoms with van der Waals surface area (Å²) in [7, 11) is 0. The second-order valence-electron chi connectivity index (χ2n) is 7.17. The molecule has 7 nitrogen and oxygen atoms in total. The number of amides is 1. The van der Waals surface area contributed by atoms with Crippen LogP contribution >= 0.6 is 0 Å². The van der Waals surface area contributed by atoms with E-state index in [2.05, 4.69) is 15.6 Å². The predicted molar refractivity (Wildman–Crippen MR) is 112 cm³/mol. The molecule has 0 spiro atoms. The van der Waals surface area contributed by atoms with Gasteiger partial charge in [-0.05, 0) is 42.2 Å². The van der Waals surface area contributed by atoms with E-state index in [9.17, 15) is 14.4 Å². The van der Waals surface area contributed by atoms with Gasteiger partial charge in [-0.25, -0.2) is 0 Å². The molecule has 0 saturated carbocycles. The highest BCUT2D eigenvalue weighted by Crippen LogP contribution is 2.24. The van der Waals surface area contributed by atoms with Crippen molar-refractivity contribution in [1.82, 2.24) is 10.3 Å². The van der Waals surface area contributed by atoms with Crippen molar-refractivity contribution in [3.8, 4) is 0 Å². The highest BCUT2D eigenvalue weighted by atomic mass is 16.2. The van der Waals surface area contributed by atoms with Crippen LogP contribution < -0.4 is 26.4 Å². The lowest BCUT2D eigenvalue weighted by molar-refractivity contribution is 0.0951. The van der Waals surface area contributed by atoms with Crippen LogP contribution in [0.3, 0.4) is 0 Å². The summed E-state index contributed by atoms with van der Waals surface area (Å²) in [6.07, 6.45) is 5.49. The van der Waals surface area contributed by atoms with E-state index in [0.717, 1.165) is 37.1 Å². The quantitative estimate of drug-likeness (QED) is 0.598. The maximum atomic E-state index is 12.3. The molecule has 0 radical (unpaired) electrons. The number of hydrogen-bond acceptors (Lipinski definition) is 6. The Morgan fingerprint density at radius 3 is 2.41 bits per heavy atom. The van der Waals surface area contributed by atoms with Crippen molar-refractivity contribution in [2.75, 3.05) is 23.3 Å². The van der Waals surface area contributed by atoms with Gasteiger partial charge in [-0.3, -0.25) is 19.4 Å². The lowest BCUT2D eigenvalue weighted by atomic mass is 10.1. The summed E-state index contributed by atoms with van der Waals surface area (Å²) in [5, 5.41) is 5.96. The van der Waals surface area contributed by atoms with Crippen LogP contribution in [0.1, 0.15) is 34.3 Å². The number of hydrogen-bond donors (Lipinski definition) is 2. The fourth-order valence-electron chi connectivity index (χ4n) is 3.54. The molecule has 0 atom stereocenters. The molecule has 2 aromatic carbocycles. The van der Waals surface area contributed by atoms with Gasteiger partial charge in [-0.2, -0.15) is 0 Å². The van der Waals surface area contributed by atoms with Gasteiger partial charge in [0, 0.05) is 44.1 Å². The smallest absolute Gasteiger partial charge is 0.253 e. The van der Waals surface area contributed by atoms with Crippen molar-refractivity contribution in [3.05, 3.63) is 85.9 Å². The van der Waals surface area contributed by atoms with Crippen LogP contribution in [0.2, 0.25) is 0 Å². The summed E-state index contributed by atoms with van der Waals surface area (Å²) in [6.45, 7) is 2.48. The molecule has 1 aliphatic rings. The maximum absolute atomic E-state index is 12.3. The molecule has 1 aliphatic heterocycles. The fraction of sp³-hybridized carbons (Fsp3) is 0.273. The molecule has 1 aromatic heterocycles. The van der Waals surface area contributed by atoms with E-state index >= 15 is 0 Å². The highest BCUT2D eigenvalue weighted by Gasteiger charge is 2.27. The summed E-state index contributed by atoms with van der Waals surface area (Å²) in [4.78, 5) is 42.1. The standard InChI is InChI=1S/C22H22N4O3/c27-20-18(19(21(20)28)26-10-1-2-11-26)24-13-15-5-7-17(8-6-15)22(29)25-14-16-4-3-9-23-12-16/h3-9,12,24H,1-2,10-11,13-14H2,(H,25,29). The van der Waals surface area contributed by atoms with E-state index in [1.807, 2.05) is 29.2 Å². The Hall–Kier alpha value is -3.48. The Labute approximate surface area is 168 Å². The Balaban J connectivity index is 1.34. The van der Waals surface area contributed by atoms with Crippen molar-refractivity contribution in [2.45, 2.75) is 25.9 Å². The SMILES string of the molecule is O=C(NCc1cccnc1)c1ccc(CNc2c(N3CCCC3)c(=O)c2=O)cc1. The lowest BCUT2D eigenvalue weighted by Gasteiger charge is -2.22. The number of pyridine rings is 1. The van der Waals surface area contributed by atoms with E-state index in [1.165, 1.54) is 0 Å². The Bertz CT molecular complexity index is 1060. The van der Waals surface area contributed by atoms with Crippen LogP contribution in [0.15, 0.2) is 58.4 Å². The summed E-state index contributed by atoms with van der Waals surface area (Å²) in [5.74, 6) is -0.160. The van der Waals surface area contributed by atoms with Crippen molar-refractivity contribution in [3.63, 3.8) is 0 Å². The minimum atomic E-state index is -0.446. The third kappa shape index (κ3) is 4.03. The first-order valence-corrected chi connectivity index (χ1v) is 9.71. The van der Waals surface area contributed by atoms with Gasteiger partial charge in [-0.1, -0.05) is 18.2 Å². The first-order valence-electron chi connectivity index (χ1n) is 9.71.